The van der Waals surface area contributed by atoms with Crippen LogP contribution in [0.25, 0.3) is 10.9 Å². The third-order valence-electron chi connectivity index (χ3n) is 11.5. The summed E-state index contributed by atoms with van der Waals surface area (Å²) in [5.74, 6) is -9.70. The van der Waals surface area contributed by atoms with Crippen LogP contribution in [0.1, 0.15) is 52.5 Å². The fourth-order valence-electron chi connectivity index (χ4n) is 7.75. The Morgan fingerprint density at radius 1 is 0.855 bits per heavy atom. The van der Waals surface area contributed by atoms with Crippen molar-refractivity contribution in [2.24, 2.45) is 23.5 Å². The predicted molar refractivity (Wildman–Crippen MR) is 223 cm³/mol. The molecule has 0 aliphatic carbocycles. The zero-order valence-corrected chi connectivity index (χ0v) is 35.8. The van der Waals surface area contributed by atoms with E-state index in [-0.39, 0.29) is 31.1 Å². The third-order valence-corrected chi connectivity index (χ3v) is 12.7. The zero-order valence-electron chi connectivity index (χ0n) is 34.9. The summed E-state index contributed by atoms with van der Waals surface area (Å²) in [4.78, 5) is 128. The molecule has 9 amide bonds. The van der Waals surface area contributed by atoms with E-state index in [1.165, 1.54) is 6.92 Å². The van der Waals surface area contributed by atoms with E-state index >= 15 is 0 Å². The Hall–Kier alpha value is -5.74. The highest BCUT2D eigenvalue weighted by Crippen LogP contribution is 2.32. The molecule has 10 atom stereocenters. The van der Waals surface area contributed by atoms with Crippen LogP contribution in [0.3, 0.4) is 0 Å². The van der Waals surface area contributed by atoms with Gasteiger partial charge in [-0.1, -0.05) is 52.3 Å². The normalized spacial score (nSPS) is 27.8. The lowest BCUT2D eigenvalue weighted by molar-refractivity contribution is -0.144. The van der Waals surface area contributed by atoms with Crippen LogP contribution in [0, 0.1) is 17.8 Å². The third kappa shape index (κ3) is 11.4. The van der Waals surface area contributed by atoms with Gasteiger partial charge in [0.05, 0.1) is 37.2 Å². The van der Waals surface area contributed by atoms with Gasteiger partial charge in [-0.25, -0.2) is 0 Å². The van der Waals surface area contributed by atoms with Crippen LogP contribution in [0.15, 0.2) is 29.3 Å². The zero-order chi connectivity index (χ0) is 45.4. The number of hydrogen-bond acceptors (Lipinski definition) is 12. The molecule has 0 radical (unpaired) electrons. The molecule has 0 spiro atoms. The van der Waals surface area contributed by atoms with Crippen LogP contribution in [-0.2, 0) is 49.6 Å². The first-order valence-corrected chi connectivity index (χ1v) is 21.6. The SMILES string of the molecule is CC[C@H](C)[C@@H]1NC(=O)CNC(=O)[C@@H]2Cc3c([nH]c4ccccc34)SC[C@H](NC(=O)CNC1=O)C(=O)N[C@@H](CC(N)=O)C(=O)N1C[C@H](C)C[C@H]1C(=O)N[C@@H]([C@@H](C)[C@@H](O)CO)C(=O)N2. The maximum Gasteiger partial charge on any atom is 0.246 e. The van der Waals surface area contributed by atoms with Crippen molar-refractivity contribution < 1.29 is 53.4 Å². The summed E-state index contributed by atoms with van der Waals surface area (Å²) in [5.41, 5.74) is 6.64. The molecule has 3 aliphatic heterocycles. The molecule has 0 saturated carbocycles. The molecular weight excluding hydrogens is 829 g/mol. The van der Waals surface area contributed by atoms with Gasteiger partial charge < -0.3 is 63.0 Å². The number of fused-ring (bicyclic) bond motifs is 5. The van der Waals surface area contributed by atoms with Gasteiger partial charge in [-0.15, -0.1) is 11.8 Å². The monoisotopic (exact) mass is 884 g/mol. The summed E-state index contributed by atoms with van der Waals surface area (Å²) in [6.07, 6.45) is -1.93. The van der Waals surface area contributed by atoms with Gasteiger partial charge in [0.25, 0.3) is 0 Å². The van der Waals surface area contributed by atoms with Crippen molar-refractivity contribution in [1.82, 2.24) is 47.1 Å². The van der Waals surface area contributed by atoms with Gasteiger partial charge in [0.15, 0.2) is 0 Å². The van der Waals surface area contributed by atoms with Crippen molar-refractivity contribution in [3.63, 3.8) is 0 Å². The van der Waals surface area contributed by atoms with Crippen LogP contribution < -0.4 is 43.0 Å². The Morgan fingerprint density at radius 2 is 1.53 bits per heavy atom. The minimum Gasteiger partial charge on any atom is -0.394 e. The minimum absolute atomic E-state index is 0.0000733. The van der Waals surface area contributed by atoms with Crippen LogP contribution in [0.2, 0.25) is 0 Å². The van der Waals surface area contributed by atoms with E-state index in [2.05, 4.69) is 42.2 Å². The number of nitrogens with one attached hydrogen (secondary N) is 8. The van der Waals surface area contributed by atoms with Gasteiger partial charge in [-0.2, -0.15) is 0 Å². The van der Waals surface area contributed by atoms with Crippen LogP contribution >= 0.6 is 11.8 Å². The summed E-state index contributed by atoms with van der Waals surface area (Å²) in [6, 6.07) is -1.48. The van der Waals surface area contributed by atoms with Crippen LogP contribution in [0.4, 0.5) is 0 Å². The molecule has 4 heterocycles. The molecule has 1 aromatic carbocycles. The molecule has 1 fully saturated rings. The molecule has 1 aromatic heterocycles. The number of amides is 9. The largest absolute Gasteiger partial charge is 0.394 e. The summed E-state index contributed by atoms with van der Waals surface area (Å²) in [7, 11) is 0. The van der Waals surface area contributed by atoms with E-state index in [0.717, 1.165) is 16.7 Å². The topological polar surface area (TPSA) is 323 Å². The molecule has 2 aromatic rings. The van der Waals surface area contributed by atoms with E-state index in [9.17, 15) is 53.4 Å². The van der Waals surface area contributed by atoms with Crippen molar-refractivity contribution in [1.29, 1.82) is 0 Å². The van der Waals surface area contributed by atoms with E-state index in [0.29, 0.717) is 27.9 Å². The lowest BCUT2D eigenvalue weighted by Gasteiger charge is -2.33. The first-order chi connectivity index (χ1) is 29.4. The molecule has 2 bridgehead atoms. The standard InChI is InChI=1S/C40H56N10O11S/c1-5-19(3)32-37(59)43-13-30(54)44-26-17-62-39-22(21-8-6-7-9-23(21)47-39)11-24(34(56)42-14-31(55)48-32)45-38(60)33(20(4)28(52)16-51)49-36(58)27-10-18(2)15-50(27)40(61)25(12-29(41)53)46-35(26)57/h6-9,18-20,24-28,32-33,47,51-52H,5,10-17H2,1-4H3,(H2,41,53)(H,42,56)(H,43,59)(H,44,54)(H,45,60)(H,46,57)(H,48,55)(H,49,58)/t18-,19+,20+,24+,25+,26+,27+,28+,32+,33+/m1/s1. The number of carbonyl (C=O) groups is 9. The summed E-state index contributed by atoms with van der Waals surface area (Å²) in [5, 5.41) is 39.8. The predicted octanol–water partition coefficient (Wildman–Crippen LogP) is -3.37. The maximum atomic E-state index is 14.4. The second-order valence-electron chi connectivity index (χ2n) is 16.2. The average Bonchev–Trinajstić information content (AvgIpc) is 3.81. The van der Waals surface area contributed by atoms with Gasteiger partial charge >= 0.3 is 0 Å². The van der Waals surface area contributed by atoms with Crippen molar-refractivity contribution in [2.45, 2.75) is 101 Å². The highest BCUT2D eigenvalue weighted by atomic mass is 32.2. The molecule has 1 saturated heterocycles. The number of hydrogen-bond donors (Lipinski definition) is 11. The van der Waals surface area contributed by atoms with Gasteiger partial charge in [0, 0.05) is 35.5 Å². The average molecular weight is 885 g/mol. The number of aliphatic hydroxyl groups is 2. The van der Waals surface area contributed by atoms with Crippen molar-refractivity contribution in [3.05, 3.63) is 29.8 Å². The lowest BCUT2D eigenvalue weighted by Crippen LogP contribution is -2.62. The smallest absolute Gasteiger partial charge is 0.246 e. The first kappa shape index (κ1) is 47.3. The Morgan fingerprint density at radius 3 is 2.21 bits per heavy atom. The number of thioether (sulfide) groups is 1. The number of rotatable bonds is 7. The highest BCUT2D eigenvalue weighted by molar-refractivity contribution is 7.99. The number of aromatic amines is 1. The lowest BCUT2D eigenvalue weighted by atomic mass is 9.93. The molecular formula is C40H56N10O11S. The summed E-state index contributed by atoms with van der Waals surface area (Å²) in [6.45, 7) is 4.60. The Bertz CT molecular complexity index is 2060. The number of benzene rings is 1. The molecule has 3 aliphatic rings. The number of H-pyrrole nitrogens is 1. The molecule has 22 heteroatoms. The van der Waals surface area contributed by atoms with E-state index in [1.807, 2.05) is 0 Å². The number of nitrogens with two attached hydrogens (primary N) is 1. The van der Waals surface area contributed by atoms with Crippen molar-refractivity contribution >= 4 is 75.8 Å². The second-order valence-corrected chi connectivity index (χ2v) is 17.2. The fraction of sp³-hybridized carbons (Fsp3) is 0.575. The van der Waals surface area contributed by atoms with E-state index < -0.39 is 133 Å². The highest BCUT2D eigenvalue weighted by Gasteiger charge is 2.44. The number of aromatic nitrogens is 1. The number of para-hydroxylation sites is 1. The van der Waals surface area contributed by atoms with Gasteiger partial charge in [0.2, 0.25) is 53.2 Å². The molecule has 338 valence electrons. The van der Waals surface area contributed by atoms with Gasteiger partial charge in [-0.05, 0) is 29.9 Å². The summed E-state index contributed by atoms with van der Waals surface area (Å²) >= 11 is 1.06. The molecule has 21 nitrogen and oxygen atoms in total. The van der Waals surface area contributed by atoms with Crippen LogP contribution in [-0.4, -0.2) is 148 Å². The Labute approximate surface area is 361 Å². The van der Waals surface area contributed by atoms with Gasteiger partial charge in [0.1, 0.15) is 36.3 Å². The number of primary amides is 1. The molecule has 5 rings (SSSR count). The number of carbonyl (C=O) groups excluding carboxylic acids is 9. The Balaban J connectivity index is 1.69. The quantitative estimate of drug-likeness (QED) is 0.130. The molecule has 0 unspecified atom stereocenters. The Kier molecular flexibility index (Phi) is 15.9. The number of aliphatic hydroxyl groups excluding tert-OH is 2. The number of nitrogens with zero attached hydrogens (tertiary/aromatic N) is 1. The molecule has 12 N–H and O–H groups in total. The fourth-order valence-corrected chi connectivity index (χ4v) is 8.87. The second kappa shape index (κ2) is 20.9. The maximum absolute atomic E-state index is 14.4. The van der Waals surface area contributed by atoms with Gasteiger partial charge in [-0.3, -0.25) is 43.2 Å². The summed E-state index contributed by atoms with van der Waals surface area (Å²) < 4.78 is 0. The molecule has 62 heavy (non-hydrogen) atoms. The first-order valence-electron chi connectivity index (χ1n) is 20.6. The van der Waals surface area contributed by atoms with Crippen molar-refractivity contribution in [3.8, 4) is 0 Å². The van der Waals surface area contributed by atoms with Crippen LogP contribution in [0.5, 0.6) is 0 Å². The van der Waals surface area contributed by atoms with Crippen molar-refractivity contribution in [2.75, 3.05) is 32.0 Å². The minimum atomic E-state index is -1.61. The van der Waals surface area contributed by atoms with E-state index in [4.69, 9.17) is 5.73 Å². The van der Waals surface area contributed by atoms with E-state index in [1.54, 1.807) is 45.0 Å².